The summed E-state index contributed by atoms with van der Waals surface area (Å²) >= 11 is 0. The van der Waals surface area contributed by atoms with Gasteiger partial charge in [-0.15, -0.1) is 0 Å². The summed E-state index contributed by atoms with van der Waals surface area (Å²) in [6, 6.07) is 5.53. The number of carbonyl (C=O) groups is 1. The van der Waals surface area contributed by atoms with Crippen molar-refractivity contribution in [3.05, 3.63) is 45.3 Å². The normalized spacial score (nSPS) is 22.3. The highest BCUT2D eigenvalue weighted by Gasteiger charge is 2.32. The Hall–Kier alpha value is -2.10. The second kappa shape index (κ2) is 6.90. The molecule has 1 aliphatic carbocycles. The van der Waals surface area contributed by atoms with Crippen molar-refractivity contribution in [2.45, 2.75) is 66.3 Å². The molecule has 1 aliphatic rings. The summed E-state index contributed by atoms with van der Waals surface area (Å²) in [4.78, 5) is 24.6. The van der Waals surface area contributed by atoms with Crippen LogP contribution in [0.15, 0.2) is 27.4 Å². The summed E-state index contributed by atoms with van der Waals surface area (Å²) in [5.41, 5.74) is 3.33. The van der Waals surface area contributed by atoms with E-state index in [1.54, 1.807) is 0 Å². The van der Waals surface area contributed by atoms with Gasteiger partial charge in [-0.1, -0.05) is 20.8 Å². The van der Waals surface area contributed by atoms with Crippen molar-refractivity contribution >= 4 is 16.9 Å². The van der Waals surface area contributed by atoms with E-state index in [1.165, 1.54) is 12.5 Å². The smallest absolute Gasteiger partial charge is 0.336 e. The largest absolute Gasteiger partial charge is 0.423 e. The number of aryl methyl sites for hydroxylation is 2. The van der Waals surface area contributed by atoms with Crippen LogP contribution >= 0.6 is 0 Å². The molecule has 4 heteroatoms. The number of benzene rings is 1. The maximum atomic E-state index is 12.7. The summed E-state index contributed by atoms with van der Waals surface area (Å²) in [5.74, 6) is 0.587. The molecule has 0 unspecified atom stereocenters. The van der Waals surface area contributed by atoms with Gasteiger partial charge in [-0.3, -0.25) is 4.79 Å². The number of rotatable bonds is 3. The average molecular weight is 355 g/mol. The molecule has 26 heavy (non-hydrogen) atoms. The van der Waals surface area contributed by atoms with Crippen molar-refractivity contribution < 1.29 is 9.21 Å². The Morgan fingerprint density at radius 1 is 1.19 bits per heavy atom. The van der Waals surface area contributed by atoms with E-state index in [4.69, 9.17) is 4.42 Å². The SMILES string of the molecule is Cc1cc2oc(=O)cc(CC(=O)N[C@H]3C[C@@H](C)CC(C)(C)C3)c2cc1C. The second-order valence-corrected chi connectivity index (χ2v) is 8.88. The number of carbonyl (C=O) groups excluding carboxylic acids is 1. The summed E-state index contributed by atoms with van der Waals surface area (Å²) in [5, 5.41) is 4.04. The topological polar surface area (TPSA) is 59.3 Å². The Morgan fingerprint density at radius 2 is 1.88 bits per heavy atom. The van der Waals surface area contributed by atoms with Gasteiger partial charge in [0, 0.05) is 17.5 Å². The molecule has 1 heterocycles. The van der Waals surface area contributed by atoms with Crippen molar-refractivity contribution in [1.29, 1.82) is 0 Å². The average Bonchev–Trinajstić information content (AvgIpc) is 2.46. The lowest BCUT2D eigenvalue weighted by Crippen LogP contribution is -2.43. The molecule has 2 atom stereocenters. The van der Waals surface area contributed by atoms with Crippen molar-refractivity contribution in [1.82, 2.24) is 5.32 Å². The van der Waals surface area contributed by atoms with Gasteiger partial charge in [0.25, 0.3) is 0 Å². The zero-order chi connectivity index (χ0) is 19.1. The molecular weight excluding hydrogens is 326 g/mol. The number of nitrogens with one attached hydrogen (secondary N) is 1. The predicted octanol–water partition coefficient (Wildman–Crippen LogP) is 4.28. The van der Waals surface area contributed by atoms with Gasteiger partial charge in [0.2, 0.25) is 5.91 Å². The van der Waals surface area contributed by atoms with E-state index in [-0.39, 0.29) is 23.8 Å². The van der Waals surface area contributed by atoms with Crippen LogP contribution in [0.2, 0.25) is 0 Å². The third-order valence-corrected chi connectivity index (χ3v) is 5.55. The lowest BCUT2D eigenvalue weighted by molar-refractivity contribution is -0.121. The molecule has 0 saturated heterocycles. The Kier molecular flexibility index (Phi) is 4.96. The number of hydrogen-bond acceptors (Lipinski definition) is 3. The fourth-order valence-corrected chi connectivity index (χ4v) is 4.54. The van der Waals surface area contributed by atoms with Crippen molar-refractivity contribution in [3.63, 3.8) is 0 Å². The molecule has 0 bridgehead atoms. The molecular formula is C22H29NO3. The fourth-order valence-electron chi connectivity index (χ4n) is 4.54. The molecule has 0 radical (unpaired) electrons. The van der Waals surface area contributed by atoms with Crippen molar-refractivity contribution in [2.75, 3.05) is 0 Å². The maximum absolute atomic E-state index is 12.7. The highest BCUT2D eigenvalue weighted by Crippen LogP contribution is 2.38. The number of hydrogen-bond donors (Lipinski definition) is 1. The third-order valence-electron chi connectivity index (χ3n) is 5.55. The first kappa shape index (κ1) is 18.7. The van der Waals surface area contributed by atoms with Gasteiger partial charge in [-0.25, -0.2) is 4.79 Å². The summed E-state index contributed by atoms with van der Waals surface area (Å²) < 4.78 is 5.32. The van der Waals surface area contributed by atoms with Gasteiger partial charge in [-0.2, -0.15) is 0 Å². The third kappa shape index (κ3) is 4.17. The van der Waals surface area contributed by atoms with Crippen LogP contribution in [0.1, 0.15) is 56.7 Å². The van der Waals surface area contributed by atoms with E-state index in [2.05, 4.69) is 26.1 Å². The molecule has 1 N–H and O–H groups in total. The monoisotopic (exact) mass is 355 g/mol. The van der Waals surface area contributed by atoms with E-state index >= 15 is 0 Å². The van der Waals surface area contributed by atoms with Crippen molar-refractivity contribution in [3.8, 4) is 0 Å². The van der Waals surface area contributed by atoms with E-state index in [9.17, 15) is 9.59 Å². The molecule has 1 saturated carbocycles. The molecule has 1 aromatic heterocycles. The summed E-state index contributed by atoms with van der Waals surface area (Å²) in [7, 11) is 0. The zero-order valence-electron chi connectivity index (χ0n) is 16.4. The first-order chi connectivity index (χ1) is 12.1. The molecule has 3 rings (SSSR count). The van der Waals surface area contributed by atoms with Crippen LogP contribution in [0.3, 0.4) is 0 Å². The Balaban J connectivity index is 1.81. The Morgan fingerprint density at radius 3 is 2.58 bits per heavy atom. The van der Waals surface area contributed by atoms with Gasteiger partial charge in [-0.05, 0) is 73.3 Å². The highest BCUT2D eigenvalue weighted by atomic mass is 16.4. The predicted molar refractivity (Wildman–Crippen MR) is 104 cm³/mol. The van der Waals surface area contributed by atoms with Gasteiger partial charge >= 0.3 is 5.63 Å². The van der Waals surface area contributed by atoms with Crippen LogP contribution in [0.4, 0.5) is 0 Å². The lowest BCUT2D eigenvalue weighted by atomic mass is 9.70. The molecule has 1 amide bonds. The molecule has 1 aromatic carbocycles. The molecule has 2 aromatic rings. The van der Waals surface area contributed by atoms with Crippen molar-refractivity contribution in [2.24, 2.45) is 11.3 Å². The highest BCUT2D eigenvalue weighted by molar-refractivity contribution is 5.88. The minimum absolute atomic E-state index is 0.0231. The molecule has 140 valence electrons. The minimum Gasteiger partial charge on any atom is -0.423 e. The molecule has 0 aliphatic heterocycles. The summed E-state index contributed by atoms with van der Waals surface area (Å²) in [6.07, 6.45) is 3.42. The molecule has 0 spiro atoms. The van der Waals surface area contributed by atoms with Gasteiger partial charge in [0.05, 0.1) is 6.42 Å². The van der Waals surface area contributed by atoms with Gasteiger partial charge in [0.15, 0.2) is 0 Å². The first-order valence-electron chi connectivity index (χ1n) is 9.46. The Labute approximate surface area is 155 Å². The van der Waals surface area contributed by atoms with Gasteiger partial charge in [0.1, 0.15) is 5.58 Å². The van der Waals surface area contributed by atoms with E-state index in [0.717, 1.165) is 34.9 Å². The maximum Gasteiger partial charge on any atom is 0.336 e. The van der Waals surface area contributed by atoms with E-state index in [0.29, 0.717) is 11.5 Å². The summed E-state index contributed by atoms with van der Waals surface area (Å²) in [6.45, 7) is 10.8. The van der Waals surface area contributed by atoms with Crippen LogP contribution in [0, 0.1) is 25.2 Å². The quantitative estimate of drug-likeness (QED) is 0.836. The van der Waals surface area contributed by atoms with E-state index < -0.39 is 5.63 Å². The zero-order valence-corrected chi connectivity index (χ0v) is 16.4. The van der Waals surface area contributed by atoms with Crippen LogP contribution < -0.4 is 10.9 Å². The van der Waals surface area contributed by atoms with E-state index in [1.807, 2.05) is 26.0 Å². The molecule has 4 nitrogen and oxygen atoms in total. The van der Waals surface area contributed by atoms with Crippen LogP contribution in [-0.2, 0) is 11.2 Å². The Bertz CT molecular complexity index is 894. The molecule has 1 fully saturated rings. The lowest BCUT2D eigenvalue weighted by Gasteiger charge is -2.39. The second-order valence-electron chi connectivity index (χ2n) is 8.88. The van der Waals surface area contributed by atoms with Crippen LogP contribution in [-0.4, -0.2) is 11.9 Å². The minimum atomic E-state index is -0.407. The fraction of sp³-hybridized carbons (Fsp3) is 0.545. The van der Waals surface area contributed by atoms with Crippen LogP contribution in [0.5, 0.6) is 0 Å². The standard InChI is InChI=1S/C22H29NO3/c1-13-6-17(12-22(4,5)11-13)23-20(24)9-16-10-21(25)26-19-8-15(3)14(2)7-18(16)19/h7-8,10,13,17H,6,9,11-12H2,1-5H3,(H,23,24)/t13-,17+/m1/s1. The van der Waals surface area contributed by atoms with Gasteiger partial charge < -0.3 is 9.73 Å². The van der Waals surface area contributed by atoms with Crippen LogP contribution in [0.25, 0.3) is 11.0 Å². The first-order valence-corrected chi connectivity index (χ1v) is 9.46. The number of fused-ring (bicyclic) bond motifs is 1. The number of amides is 1.